The first kappa shape index (κ1) is 15.2. The average Bonchev–Trinajstić information content (AvgIpc) is 3.25. The van der Waals surface area contributed by atoms with Gasteiger partial charge in [0.1, 0.15) is 23.8 Å². The molecule has 0 saturated heterocycles. The number of aromatic nitrogens is 4. The van der Waals surface area contributed by atoms with Gasteiger partial charge < -0.3 is 14.6 Å². The van der Waals surface area contributed by atoms with Gasteiger partial charge in [-0.15, -0.1) is 5.10 Å². The number of hydrogen-bond acceptors (Lipinski definition) is 6. The summed E-state index contributed by atoms with van der Waals surface area (Å²) >= 11 is 0. The van der Waals surface area contributed by atoms with Crippen molar-refractivity contribution in [2.24, 2.45) is 0 Å². The summed E-state index contributed by atoms with van der Waals surface area (Å²) in [7, 11) is 1.80. The molecule has 126 valence electrons. The van der Waals surface area contributed by atoms with E-state index in [9.17, 15) is 0 Å². The van der Waals surface area contributed by atoms with Crippen LogP contribution in [0.25, 0.3) is 16.9 Å². The number of rotatable bonds is 5. The molecule has 0 amide bonds. The molecule has 0 radical (unpaired) electrons. The first-order valence-corrected chi connectivity index (χ1v) is 7.92. The van der Waals surface area contributed by atoms with Gasteiger partial charge >= 0.3 is 0 Å². The molecule has 4 rings (SSSR count). The zero-order valence-corrected chi connectivity index (χ0v) is 13.9. The van der Waals surface area contributed by atoms with Crippen molar-refractivity contribution < 1.29 is 9.26 Å². The molecule has 0 fully saturated rings. The number of aryl methyl sites for hydroxylation is 1. The summed E-state index contributed by atoms with van der Waals surface area (Å²) in [5.41, 5.74) is 3.56. The molecule has 3 heterocycles. The maximum Gasteiger partial charge on any atom is 0.242 e. The monoisotopic (exact) mass is 335 g/mol. The Balaban J connectivity index is 1.56. The molecule has 0 atom stereocenters. The zero-order chi connectivity index (χ0) is 17.2. The van der Waals surface area contributed by atoms with Gasteiger partial charge in [0, 0.05) is 18.7 Å². The lowest BCUT2D eigenvalue weighted by molar-refractivity contribution is 0.288. The van der Waals surface area contributed by atoms with Crippen molar-refractivity contribution in [3.8, 4) is 17.0 Å². The van der Waals surface area contributed by atoms with Gasteiger partial charge in [0.05, 0.1) is 5.69 Å². The van der Waals surface area contributed by atoms with Crippen molar-refractivity contribution in [1.29, 1.82) is 0 Å². The van der Waals surface area contributed by atoms with Crippen LogP contribution in [-0.4, -0.2) is 26.8 Å². The van der Waals surface area contributed by atoms with E-state index >= 15 is 0 Å². The lowest BCUT2D eigenvalue weighted by atomic mass is 10.1. The van der Waals surface area contributed by atoms with Crippen molar-refractivity contribution in [2.45, 2.75) is 13.5 Å². The molecule has 0 aliphatic carbocycles. The quantitative estimate of drug-likeness (QED) is 0.603. The molecule has 0 bridgehead atoms. The van der Waals surface area contributed by atoms with Crippen LogP contribution < -0.4 is 10.1 Å². The highest BCUT2D eigenvalue weighted by Gasteiger charge is 2.08. The predicted octanol–water partition coefficient (Wildman–Crippen LogP) is 3.31. The second-order valence-corrected chi connectivity index (χ2v) is 5.61. The third-order valence-electron chi connectivity index (χ3n) is 3.80. The second-order valence-electron chi connectivity index (χ2n) is 5.61. The number of fused-ring (bicyclic) bond motifs is 1. The zero-order valence-electron chi connectivity index (χ0n) is 13.9. The molecule has 0 saturated carbocycles. The molecule has 7 nitrogen and oxygen atoms in total. The van der Waals surface area contributed by atoms with E-state index in [0.717, 1.165) is 34.1 Å². The number of nitrogens with one attached hydrogen (secondary N) is 1. The molecule has 0 aliphatic heterocycles. The fourth-order valence-corrected chi connectivity index (χ4v) is 2.59. The SMILES string of the molecule is CNc1nc2cccc(-c3ccc(OCc4cc(C)on4)cc3)n2n1. The summed E-state index contributed by atoms with van der Waals surface area (Å²) in [5, 5.41) is 11.3. The van der Waals surface area contributed by atoms with E-state index in [1.165, 1.54) is 0 Å². The Morgan fingerprint density at radius 3 is 2.72 bits per heavy atom. The Hall–Kier alpha value is -3.35. The standard InChI is InChI=1S/C18H17N5O2/c1-12-10-14(22-25-12)11-24-15-8-6-13(7-9-15)16-4-3-5-17-20-18(19-2)21-23(16)17/h3-10H,11H2,1-2H3,(H,19,21). The largest absolute Gasteiger partial charge is 0.487 e. The van der Waals surface area contributed by atoms with E-state index in [2.05, 4.69) is 20.6 Å². The summed E-state index contributed by atoms with van der Waals surface area (Å²) in [6.45, 7) is 2.23. The van der Waals surface area contributed by atoms with Gasteiger partial charge in [-0.05, 0) is 43.3 Å². The molecule has 0 aliphatic rings. The van der Waals surface area contributed by atoms with Crippen LogP contribution in [0.3, 0.4) is 0 Å². The number of hydrogen-bond donors (Lipinski definition) is 1. The Kier molecular flexibility index (Phi) is 3.81. The second kappa shape index (κ2) is 6.27. The van der Waals surface area contributed by atoms with E-state index in [1.54, 1.807) is 7.05 Å². The van der Waals surface area contributed by atoms with Crippen LogP contribution in [-0.2, 0) is 6.61 Å². The van der Waals surface area contributed by atoms with E-state index < -0.39 is 0 Å². The third-order valence-corrected chi connectivity index (χ3v) is 3.80. The van der Waals surface area contributed by atoms with Gasteiger partial charge in [0.2, 0.25) is 5.95 Å². The fourth-order valence-electron chi connectivity index (χ4n) is 2.59. The molecule has 25 heavy (non-hydrogen) atoms. The fraction of sp³-hybridized carbons (Fsp3) is 0.167. The van der Waals surface area contributed by atoms with E-state index in [-0.39, 0.29) is 0 Å². The minimum absolute atomic E-state index is 0.376. The van der Waals surface area contributed by atoms with Crippen molar-refractivity contribution in [3.05, 3.63) is 60.0 Å². The first-order chi connectivity index (χ1) is 12.2. The lowest BCUT2D eigenvalue weighted by Crippen LogP contribution is -1.97. The maximum absolute atomic E-state index is 5.74. The van der Waals surface area contributed by atoms with Crippen LogP contribution in [0.5, 0.6) is 5.75 Å². The van der Waals surface area contributed by atoms with Gasteiger partial charge in [0.15, 0.2) is 5.65 Å². The number of pyridine rings is 1. The number of benzene rings is 1. The molecule has 1 aromatic carbocycles. The van der Waals surface area contributed by atoms with E-state index in [1.807, 2.05) is 60.0 Å². The number of anilines is 1. The Bertz CT molecular complexity index is 1000. The smallest absolute Gasteiger partial charge is 0.242 e. The van der Waals surface area contributed by atoms with Gasteiger partial charge in [0.25, 0.3) is 0 Å². The summed E-state index contributed by atoms with van der Waals surface area (Å²) in [6.07, 6.45) is 0. The topological polar surface area (TPSA) is 77.5 Å². The molecule has 7 heteroatoms. The minimum atomic E-state index is 0.376. The van der Waals surface area contributed by atoms with Crippen LogP contribution in [0.1, 0.15) is 11.5 Å². The summed E-state index contributed by atoms with van der Waals surface area (Å²) in [4.78, 5) is 4.40. The highest BCUT2D eigenvalue weighted by molar-refractivity contribution is 5.64. The first-order valence-electron chi connectivity index (χ1n) is 7.92. The van der Waals surface area contributed by atoms with Crippen LogP contribution >= 0.6 is 0 Å². The van der Waals surface area contributed by atoms with Gasteiger partial charge in [-0.2, -0.15) is 4.98 Å². The van der Waals surface area contributed by atoms with Crippen molar-refractivity contribution in [3.63, 3.8) is 0 Å². The summed E-state index contributed by atoms with van der Waals surface area (Å²) < 4.78 is 12.6. The highest BCUT2D eigenvalue weighted by Crippen LogP contribution is 2.24. The summed E-state index contributed by atoms with van der Waals surface area (Å²) in [6, 6.07) is 15.6. The predicted molar refractivity (Wildman–Crippen MR) is 93.5 cm³/mol. The summed E-state index contributed by atoms with van der Waals surface area (Å²) in [5.74, 6) is 2.14. The molecule has 1 N–H and O–H groups in total. The average molecular weight is 335 g/mol. The molecular weight excluding hydrogens is 318 g/mol. The lowest BCUT2D eigenvalue weighted by Gasteiger charge is -2.07. The maximum atomic E-state index is 5.74. The van der Waals surface area contributed by atoms with Crippen LogP contribution in [0.2, 0.25) is 0 Å². The van der Waals surface area contributed by atoms with Gasteiger partial charge in [-0.3, -0.25) is 0 Å². The Morgan fingerprint density at radius 2 is 2.00 bits per heavy atom. The molecular formula is C18H17N5O2. The molecule has 4 aromatic rings. The van der Waals surface area contributed by atoms with Gasteiger partial charge in [-0.25, -0.2) is 4.52 Å². The molecule has 0 spiro atoms. The van der Waals surface area contributed by atoms with Crippen molar-refractivity contribution >= 4 is 11.6 Å². The number of ether oxygens (including phenoxy) is 1. The normalized spacial score (nSPS) is 11.0. The highest BCUT2D eigenvalue weighted by atomic mass is 16.5. The van der Waals surface area contributed by atoms with Gasteiger partial charge in [-0.1, -0.05) is 11.2 Å². The minimum Gasteiger partial charge on any atom is -0.487 e. The van der Waals surface area contributed by atoms with E-state index in [4.69, 9.17) is 9.26 Å². The Labute approximate surface area is 144 Å². The molecule has 3 aromatic heterocycles. The van der Waals surface area contributed by atoms with Crippen LogP contribution in [0, 0.1) is 6.92 Å². The van der Waals surface area contributed by atoms with Crippen molar-refractivity contribution in [1.82, 2.24) is 19.8 Å². The molecule has 0 unspecified atom stereocenters. The van der Waals surface area contributed by atoms with E-state index in [0.29, 0.717) is 12.6 Å². The number of nitrogens with zero attached hydrogens (tertiary/aromatic N) is 4. The Morgan fingerprint density at radius 1 is 1.16 bits per heavy atom. The van der Waals surface area contributed by atoms with Crippen molar-refractivity contribution in [2.75, 3.05) is 12.4 Å². The van der Waals surface area contributed by atoms with Crippen LogP contribution in [0.4, 0.5) is 5.95 Å². The van der Waals surface area contributed by atoms with Crippen LogP contribution in [0.15, 0.2) is 53.1 Å². The third kappa shape index (κ3) is 3.03.